The normalized spacial score (nSPS) is 17.1. The van der Waals surface area contributed by atoms with Gasteiger partial charge in [0.1, 0.15) is 11.3 Å². The molecule has 2 fully saturated rings. The summed E-state index contributed by atoms with van der Waals surface area (Å²) in [6.45, 7) is 14.3. The number of hydrogen-bond donors (Lipinski definition) is 2. The standard InChI is InChI=1S/C43H55N5O5/c1(17-44-30-34-3-7-36(8-4-34)32-47-19-25-49-26-20-47)23-51-39-13-11-38(12-14-39)43-46-41-16-15-40(29-42(41)53-43)52-24-2-18-45-31-35-5-9-37(10-6-35)33-48-21-27-50-28-22-48/h3-11,13,15-16,29,44-45H,1-2,12,14,17-28,30-33H2. The number of nitrogens with zero attached hydrogens (tertiary/aromatic N) is 3. The predicted molar refractivity (Wildman–Crippen MR) is 208 cm³/mol. The van der Waals surface area contributed by atoms with Crippen molar-refractivity contribution in [2.75, 3.05) is 78.9 Å². The fraction of sp³-hybridized carbons (Fsp3) is 0.465. The van der Waals surface area contributed by atoms with Gasteiger partial charge in [0, 0.05) is 70.4 Å². The number of benzene rings is 3. The molecule has 1 aliphatic carbocycles. The molecule has 3 aliphatic rings. The van der Waals surface area contributed by atoms with Gasteiger partial charge >= 0.3 is 0 Å². The number of oxazole rings is 1. The average Bonchev–Trinajstić information content (AvgIpc) is 3.63. The van der Waals surface area contributed by atoms with Crippen molar-refractivity contribution in [2.45, 2.75) is 51.9 Å². The largest absolute Gasteiger partial charge is 0.498 e. The number of aromatic nitrogens is 1. The van der Waals surface area contributed by atoms with E-state index in [9.17, 15) is 0 Å². The second kappa shape index (κ2) is 19.9. The Kier molecular flexibility index (Phi) is 14.0. The highest BCUT2D eigenvalue weighted by Gasteiger charge is 2.16. The maximum Gasteiger partial charge on any atom is 0.223 e. The molecule has 10 nitrogen and oxygen atoms in total. The number of rotatable bonds is 19. The van der Waals surface area contributed by atoms with Crippen LogP contribution >= 0.6 is 0 Å². The number of morpholine rings is 2. The molecule has 10 heteroatoms. The third kappa shape index (κ3) is 11.7. The molecule has 7 rings (SSSR count). The lowest BCUT2D eigenvalue weighted by Gasteiger charge is -2.26. The van der Waals surface area contributed by atoms with Crippen molar-refractivity contribution in [3.8, 4) is 5.75 Å². The quantitative estimate of drug-likeness (QED) is 0.107. The van der Waals surface area contributed by atoms with Crippen LogP contribution in [-0.4, -0.2) is 93.7 Å². The lowest BCUT2D eigenvalue weighted by Crippen LogP contribution is -2.35. The monoisotopic (exact) mass is 721 g/mol. The van der Waals surface area contributed by atoms with Crippen molar-refractivity contribution in [1.29, 1.82) is 0 Å². The van der Waals surface area contributed by atoms with Gasteiger partial charge in [0.15, 0.2) is 5.58 Å². The molecule has 2 N–H and O–H groups in total. The summed E-state index contributed by atoms with van der Waals surface area (Å²) in [6, 6.07) is 23.8. The van der Waals surface area contributed by atoms with Crippen LogP contribution in [0.2, 0.25) is 0 Å². The van der Waals surface area contributed by atoms with Crippen molar-refractivity contribution in [3.05, 3.63) is 113 Å². The minimum Gasteiger partial charge on any atom is -0.498 e. The molecule has 2 saturated heterocycles. The maximum atomic E-state index is 6.17. The van der Waals surface area contributed by atoms with E-state index in [4.69, 9.17) is 28.3 Å². The van der Waals surface area contributed by atoms with Gasteiger partial charge in [-0.15, -0.1) is 0 Å². The molecule has 282 valence electrons. The average molecular weight is 722 g/mol. The van der Waals surface area contributed by atoms with Gasteiger partial charge in [0.2, 0.25) is 5.89 Å². The van der Waals surface area contributed by atoms with Gasteiger partial charge < -0.3 is 34.0 Å². The summed E-state index contributed by atoms with van der Waals surface area (Å²) in [7, 11) is 0. The molecule has 0 saturated carbocycles. The van der Waals surface area contributed by atoms with Gasteiger partial charge in [-0.2, -0.15) is 0 Å². The molecule has 0 spiro atoms. The number of ether oxygens (including phenoxy) is 4. The Labute approximate surface area is 314 Å². The first kappa shape index (κ1) is 37.3. The van der Waals surface area contributed by atoms with Crippen LogP contribution in [0, 0.1) is 0 Å². The summed E-state index contributed by atoms with van der Waals surface area (Å²) in [6.07, 6.45) is 7.70. The van der Waals surface area contributed by atoms with E-state index in [1.807, 2.05) is 18.2 Å². The van der Waals surface area contributed by atoms with E-state index in [1.165, 1.54) is 22.3 Å². The van der Waals surface area contributed by atoms with Gasteiger partial charge in [-0.25, -0.2) is 4.98 Å². The minimum absolute atomic E-state index is 0.636. The molecule has 0 atom stereocenters. The zero-order valence-corrected chi connectivity index (χ0v) is 31.0. The van der Waals surface area contributed by atoms with Gasteiger partial charge in [0.25, 0.3) is 0 Å². The Balaban J connectivity index is 0.760. The van der Waals surface area contributed by atoms with Crippen LogP contribution in [0.25, 0.3) is 16.7 Å². The number of nitrogens with one attached hydrogen (secondary N) is 2. The summed E-state index contributed by atoms with van der Waals surface area (Å²) in [5, 5.41) is 7.08. The summed E-state index contributed by atoms with van der Waals surface area (Å²) in [5.74, 6) is 2.49. The minimum atomic E-state index is 0.636. The molecule has 3 aromatic carbocycles. The van der Waals surface area contributed by atoms with Crippen molar-refractivity contribution in [3.63, 3.8) is 0 Å². The SMILES string of the molecule is C1=C(OCCCNCc2ccc(CN3CCOCC3)cc2)CCC(c2nc3ccc(OCCCNCc4ccc(CN5CCOCC5)cc4)cc3o2)=C1. The molecule has 4 aromatic rings. The smallest absolute Gasteiger partial charge is 0.223 e. The van der Waals surface area contributed by atoms with E-state index in [-0.39, 0.29) is 0 Å². The second-order valence-electron chi connectivity index (χ2n) is 14.1. The summed E-state index contributed by atoms with van der Waals surface area (Å²) < 4.78 is 29.2. The van der Waals surface area contributed by atoms with Crippen molar-refractivity contribution < 1.29 is 23.4 Å². The first-order valence-electron chi connectivity index (χ1n) is 19.5. The topological polar surface area (TPSA) is 93.5 Å². The van der Waals surface area contributed by atoms with Gasteiger partial charge in [0.05, 0.1) is 45.4 Å². The Hall–Kier alpha value is -4.03. The van der Waals surface area contributed by atoms with Crippen LogP contribution in [-0.2, 0) is 40.4 Å². The van der Waals surface area contributed by atoms with E-state index < -0.39 is 0 Å². The third-order valence-electron chi connectivity index (χ3n) is 10.0. The Morgan fingerprint density at radius 2 is 1.19 bits per heavy atom. The van der Waals surface area contributed by atoms with Crippen LogP contribution < -0.4 is 15.4 Å². The second-order valence-corrected chi connectivity index (χ2v) is 14.1. The summed E-state index contributed by atoms with van der Waals surface area (Å²) >= 11 is 0. The zero-order chi connectivity index (χ0) is 35.9. The zero-order valence-electron chi connectivity index (χ0n) is 31.0. The van der Waals surface area contributed by atoms with E-state index in [2.05, 4.69) is 81.1 Å². The molecular weight excluding hydrogens is 667 g/mol. The molecule has 0 bridgehead atoms. The van der Waals surface area contributed by atoms with E-state index in [0.29, 0.717) is 19.1 Å². The first-order valence-corrected chi connectivity index (χ1v) is 19.5. The van der Waals surface area contributed by atoms with Crippen molar-refractivity contribution >= 4 is 16.7 Å². The van der Waals surface area contributed by atoms with Crippen molar-refractivity contribution in [2.24, 2.45) is 0 Å². The molecule has 3 heterocycles. The molecule has 0 amide bonds. The highest BCUT2D eigenvalue weighted by atomic mass is 16.5. The molecule has 53 heavy (non-hydrogen) atoms. The number of hydrogen-bond acceptors (Lipinski definition) is 10. The highest BCUT2D eigenvalue weighted by molar-refractivity contribution is 5.77. The van der Waals surface area contributed by atoms with Crippen LogP contribution in [0.5, 0.6) is 5.75 Å². The fourth-order valence-corrected chi connectivity index (χ4v) is 6.86. The molecule has 1 aromatic heterocycles. The summed E-state index contributed by atoms with van der Waals surface area (Å²) in [5.41, 5.74) is 8.00. The van der Waals surface area contributed by atoms with Crippen molar-refractivity contribution in [1.82, 2.24) is 25.4 Å². The molecular formula is C43H55N5O5. The summed E-state index contributed by atoms with van der Waals surface area (Å²) in [4.78, 5) is 9.64. The van der Waals surface area contributed by atoms with E-state index in [1.54, 1.807) is 0 Å². The highest BCUT2D eigenvalue weighted by Crippen LogP contribution is 2.30. The van der Waals surface area contributed by atoms with Crippen LogP contribution in [0.3, 0.4) is 0 Å². The lowest BCUT2D eigenvalue weighted by molar-refractivity contribution is 0.0341. The third-order valence-corrected chi connectivity index (χ3v) is 10.0. The van der Waals surface area contributed by atoms with Crippen LogP contribution in [0.4, 0.5) is 0 Å². The van der Waals surface area contributed by atoms with Gasteiger partial charge in [-0.3, -0.25) is 9.80 Å². The lowest BCUT2D eigenvalue weighted by atomic mass is 10.0. The molecule has 0 radical (unpaired) electrons. The van der Waals surface area contributed by atoms with Crippen LogP contribution in [0.1, 0.15) is 53.8 Å². The van der Waals surface area contributed by atoms with Crippen LogP contribution in [0.15, 0.2) is 89.1 Å². The van der Waals surface area contributed by atoms with E-state index >= 15 is 0 Å². The maximum absolute atomic E-state index is 6.17. The predicted octanol–water partition coefficient (Wildman–Crippen LogP) is 6.31. The Morgan fingerprint density at radius 1 is 0.623 bits per heavy atom. The Bertz CT molecular complexity index is 1760. The van der Waals surface area contributed by atoms with E-state index in [0.717, 1.165) is 146 Å². The first-order chi connectivity index (χ1) is 26.2. The van der Waals surface area contributed by atoms with Gasteiger partial charge in [-0.05, 0) is 72.8 Å². The molecule has 0 unspecified atom stereocenters. The van der Waals surface area contributed by atoms with Gasteiger partial charge in [-0.1, -0.05) is 54.6 Å². The number of fused-ring (bicyclic) bond motifs is 1. The Morgan fingerprint density at radius 3 is 1.75 bits per heavy atom. The molecule has 2 aliphatic heterocycles. The number of allylic oxidation sites excluding steroid dienone is 4. The fourth-order valence-electron chi connectivity index (χ4n) is 6.86.